The molecule has 2 aliphatic rings. The van der Waals surface area contributed by atoms with Gasteiger partial charge in [0.1, 0.15) is 11.5 Å². The number of nitrogens with zero attached hydrogens (tertiary/aromatic N) is 1. The Balaban J connectivity index is 1.85. The molecule has 1 aromatic carbocycles. The highest BCUT2D eigenvalue weighted by molar-refractivity contribution is 6.34. The maximum absolute atomic E-state index is 13.3. The third kappa shape index (κ3) is 2.87. The molecule has 1 aromatic heterocycles. The van der Waals surface area contributed by atoms with Crippen molar-refractivity contribution in [3.05, 3.63) is 47.4 Å². The van der Waals surface area contributed by atoms with Crippen LogP contribution in [0.5, 0.6) is 0 Å². The lowest BCUT2D eigenvalue weighted by Crippen LogP contribution is -2.27. The van der Waals surface area contributed by atoms with Crippen molar-refractivity contribution in [2.75, 3.05) is 13.1 Å². The van der Waals surface area contributed by atoms with Crippen LogP contribution in [-0.4, -0.2) is 35.1 Å². The summed E-state index contributed by atoms with van der Waals surface area (Å²) in [7, 11) is 0. The fraction of sp³-hybridized carbons (Fsp3) is 0.278. The average Bonchev–Trinajstić information content (AvgIpc) is 3.19. The molecule has 2 amide bonds. The van der Waals surface area contributed by atoms with Gasteiger partial charge in [0.05, 0.1) is 5.57 Å². The molecule has 2 aromatic rings. The molecule has 3 N–H and O–H groups in total. The van der Waals surface area contributed by atoms with Crippen LogP contribution in [0.15, 0.2) is 30.3 Å². The molecule has 0 radical (unpaired) electrons. The summed E-state index contributed by atoms with van der Waals surface area (Å²) in [5.41, 5.74) is 3.07. The van der Waals surface area contributed by atoms with Crippen molar-refractivity contribution in [3.8, 4) is 11.3 Å². The van der Waals surface area contributed by atoms with Crippen molar-refractivity contribution in [1.29, 1.82) is 0 Å². The normalized spacial score (nSPS) is 18.4. The van der Waals surface area contributed by atoms with E-state index in [9.17, 15) is 14.0 Å². The molecule has 0 saturated carbocycles. The zero-order valence-corrected chi connectivity index (χ0v) is 13.4. The fourth-order valence-electron chi connectivity index (χ4n) is 3.45. The van der Waals surface area contributed by atoms with Gasteiger partial charge in [-0.25, -0.2) is 4.39 Å². The number of H-pyrrole nitrogens is 1. The molecule has 0 spiro atoms. The summed E-state index contributed by atoms with van der Waals surface area (Å²) in [6, 6.07) is 5.95. The molecule has 1 saturated heterocycles. The molecule has 1 fully saturated rings. The highest BCUT2D eigenvalue weighted by Gasteiger charge is 2.31. The Labute approximate surface area is 143 Å². The lowest BCUT2D eigenvalue weighted by atomic mass is 9.88. The van der Waals surface area contributed by atoms with Gasteiger partial charge >= 0.3 is 0 Å². The van der Waals surface area contributed by atoms with Crippen LogP contribution in [0.3, 0.4) is 0 Å². The number of hydrogen-bond donors (Lipinski definition) is 3. The highest BCUT2D eigenvalue weighted by Crippen LogP contribution is 2.37. The first-order valence-corrected chi connectivity index (χ1v) is 8.26. The topological polar surface area (TPSA) is 86.9 Å². The third-order valence-electron chi connectivity index (χ3n) is 4.69. The number of nitrogens with one attached hydrogen (secondary N) is 3. The highest BCUT2D eigenvalue weighted by atomic mass is 19.1. The molecule has 0 atom stereocenters. The van der Waals surface area contributed by atoms with Gasteiger partial charge in [-0.15, -0.1) is 0 Å². The number of halogens is 1. The molecule has 128 valence electrons. The van der Waals surface area contributed by atoms with Crippen molar-refractivity contribution in [3.63, 3.8) is 0 Å². The van der Waals surface area contributed by atoms with Crippen LogP contribution in [0, 0.1) is 5.82 Å². The van der Waals surface area contributed by atoms with E-state index in [4.69, 9.17) is 0 Å². The second kappa shape index (κ2) is 6.25. The summed E-state index contributed by atoms with van der Waals surface area (Å²) < 4.78 is 13.3. The summed E-state index contributed by atoms with van der Waals surface area (Å²) in [6.07, 6.45) is 3.15. The van der Waals surface area contributed by atoms with E-state index in [1.165, 1.54) is 18.2 Å². The van der Waals surface area contributed by atoms with E-state index in [0.29, 0.717) is 22.4 Å². The number of carbonyl (C=O) groups excluding carboxylic acids is 2. The second-order valence-corrected chi connectivity index (χ2v) is 6.27. The maximum atomic E-state index is 13.3. The van der Waals surface area contributed by atoms with E-state index in [1.807, 2.05) is 0 Å². The molecule has 25 heavy (non-hydrogen) atoms. The Hall–Kier alpha value is -2.80. The van der Waals surface area contributed by atoms with E-state index >= 15 is 0 Å². The van der Waals surface area contributed by atoms with Crippen LogP contribution < -0.4 is 10.6 Å². The number of benzene rings is 1. The summed E-state index contributed by atoms with van der Waals surface area (Å²) in [4.78, 5) is 23.9. The number of aromatic amines is 1. The lowest BCUT2D eigenvalue weighted by Gasteiger charge is -2.22. The molecule has 0 aliphatic carbocycles. The Kier molecular flexibility index (Phi) is 3.93. The van der Waals surface area contributed by atoms with Crippen LogP contribution in [0.25, 0.3) is 16.8 Å². The predicted molar refractivity (Wildman–Crippen MR) is 90.0 cm³/mol. The molecule has 7 heteroatoms. The average molecular weight is 340 g/mol. The molecule has 3 heterocycles. The largest absolute Gasteiger partial charge is 0.317 e. The van der Waals surface area contributed by atoms with E-state index in [0.717, 1.165) is 31.6 Å². The van der Waals surface area contributed by atoms with Gasteiger partial charge in [0.25, 0.3) is 11.8 Å². The fourth-order valence-corrected chi connectivity index (χ4v) is 3.45. The maximum Gasteiger partial charge on any atom is 0.259 e. The Morgan fingerprint density at radius 1 is 1.08 bits per heavy atom. The van der Waals surface area contributed by atoms with E-state index < -0.39 is 11.8 Å². The minimum atomic E-state index is -0.428. The van der Waals surface area contributed by atoms with E-state index in [2.05, 4.69) is 20.8 Å². The van der Waals surface area contributed by atoms with Gasteiger partial charge in [-0.05, 0) is 50.2 Å². The van der Waals surface area contributed by atoms with Crippen LogP contribution in [0.2, 0.25) is 0 Å². The predicted octanol–water partition coefficient (Wildman–Crippen LogP) is 1.72. The molecule has 2 aliphatic heterocycles. The number of hydrogen-bond acceptors (Lipinski definition) is 4. The first-order valence-electron chi connectivity index (χ1n) is 8.26. The number of piperidine rings is 1. The minimum Gasteiger partial charge on any atom is -0.317 e. The lowest BCUT2D eigenvalue weighted by molar-refractivity contribution is -0.123. The van der Waals surface area contributed by atoms with E-state index in [-0.39, 0.29) is 11.7 Å². The molecule has 6 nitrogen and oxygen atoms in total. The zero-order chi connectivity index (χ0) is 17.4. The van der Waals surface area contributed by atoms with Crippen molar-refractivity contribution in [2.45, 2.75) is 18.8 Å². The van der Waals surface area contributed by atoms with Gasteiger partial charge in [-0.2, -0.15) is 5.10 Å². The van der Waals surface area contributed by atoms with Crippen LogP contribution in [-0.2, 0) is 9.59 Å². The van der Waals surface area contributed by atoms with Gasteiger partial charge in [0, 0.05) is 28.8 Å². The first kappa shape index (κ1) is 15.7. The standard InChI is InChI=1S/C18H17FN4O2/c19-12-3-1-10(2-4-12)16-15(13-9-14(24)21-18(13)25)17(23-22-16)11-5-7-20-8-6-11/h1-4,9,11,20H,5-8H2,(H,22,23)(H,21,24,25). The summed E-state index contributed by atoms with van der Waals surface area (Å²) in [5.74, 6) is -0.970. The zero-order valence-electron chi connectivity index (χ0n) is 13.4. The summed E-state index contributed by atoms with van der Waals surface area (Å²) in [6.45, 7) is 1.78. The molecular weight excluding hydrogens is 323 g/mol. The van der Waals surface area contributed by atoms with Gasteiger partial charge < -0.3 is 5.32 Å². The Morgan fingerprint density at radius 3 is 2.44 bits per heavy atom. The van der Waals surface area contributed by atoms with Crippen molar-refractivity contribution in [1.82, 2.24) is 20.8 Å². The molecular formula is C18H17FN4O2. The van der Waals surface area contributed by atoms with E-state index in [1.54, 1.807) is 12.1 Å². The van der Waals surface area contributed by atoms with Gasteiger partial charge in [0.15, 0.2) is 0 Å². The number of carbonyl (C=O) groups is 2. The van der Waals surface area contributed by atoms with Gasteiger partial charge in [0.2, 0.25) is 0 Å². The van der Waals surface area contributed by atoms with Gasteiger partial charge in [-0.3, -0.25) is 20.0 Å². The number of imide groups is 1. The van der Waals surface area contributed by atoms with Gasteiger partial charge in [-0.1, -0.05) is 0 Å². The minimum absolute atomic E-state index is 0.224. The van der Waals surface area contributed by atoms with Crippen molar-refractivity contribution in [2.24, 2.45) is 0 Å². The van der Waals surface area contributed by atoms with Crippen LogP contribution in [0.4, 0.5) is 4.39 Å². The van der Waals surface area contributed by atoms with Crippen molar-refractivity contribution < 1.29 is 14.0 Å². The summed E-state index contributed by atoms with van der Waals surface area (Å²) >= 11 is 0. The second-order valence-electron chi connectivity index (χ2n) is 6.27. The molecule has 4 rings (SSSR count). The third-order valence-corrected chi connectivity index (χ3v) is 4.69. The number of rotatable bonds is 3. The first-order chi connectivity index (χ1) is 12.1. The monoisotopic (exact) mass is 340 g/mol. The molecule has 0 bridgehead atoms. The Morgan fingerprint density at radius 2 is 1.80 bits per heavy atom. The quantitative estimate of drug-likeness (QED) is 0.743. The molecule has 0 unspecified atom stereocenters. The van der Waals surface area contributed by atoms with Crippen LogP contribution in [0.1, 0.15) is 30.0 Å². The van der Waals surface area contributed by atoms with Crippen molar-refractivity contribution >= 4 is 17.4 Å². The number of amides is 2. The smallest absolute Gasteiger partial charge is 0.259 e. The Bertz CT molecular complexity index is 864. The summed E-state index contributed by atoms with van der Waals surface area (Å²) in [5, 5.41) is 13.1. The number of aromatic nitrogens is 2. The SMILES string of the molecule is O=C1C=C(c2c(-c3ccc(F)cc3)n[nH]c2C2CCNCC2)C(=O)N1. The van der Waals surface area contributed by atoms with Crippen LogP contribution >= 0.6 is 0 Å².